The third-order valence-corrected chi connectivity index (χ3v) is 6.56. The topological polar surface area (TPSA) is 37.3 Å². The van der Waals surface area contributed by atoms with Crippen LogP contribution in [-0.2, 0) is 10.8 Å². The van der Waals surface area contributed by atoms with Gasteiger partial charge in [-0.25, -0.2) is 4.79 Å². The maximum atomic E-state index is 11.0. The van der Waals surface area contributed by atoms with Crippen molar-refractivity contribution >= 4 is 33.5 Å². The van der Waals surface area contributed by atoms with Crippen LogP contribution in [0.4, 0.5) is 0 Å². The highest BCUT2D eigenvalue weighted by Gasteiger charge is 2.37. The van der Waals surface area contributed by atoms with Crippen molar-refractivity contribution in [1.29, 1.82) is 0 Å². The maximum Gasteiger partial charge on any atom is 0.335 e. The predicted octanol–water partition coefficient (Wildman–Crippen LogP) is 7.06. The fourth-order valence-electron chi connectivity index (χ4n) is 3.94. The van der Waals surface area contributed by atoms with Crippen LogP contribution in [0.15, 0.2) is 40.9 Å². The summed E-state index contributed by atoms with van der Waals surface area (Å²) in [6.45, 7) is 11.4. The fourth-order valence-corrected chi connectivity index (χ4v) is 4.60. The first-order valence-electron chi connectivity index (χ1n) is 9.38. The molecule has 0 heterocycles. The number of benzene rings is 2. The molecule has 2 nitrogen and oxygen atoms in total. The lowest BCUT2D eigenvalue weighted by atomic mass is 9.63. The molecule has 0 atom stereocenters. The Morgan fingerprint density at radius 1 is 1.00 bits per heavy atom. The molecule has 3 rings (SSSR count). The molecule has 0 aromatic heterocycles. The summed E-state index contributed by atoms with van der Waals surface area (Å²) < 4.78 is 1.11. The number of carbonyl (C=O) groups is 1. The Balaban J connectivity index is 2.05. The highest BCUT2D eigenvalue weighted by Crippen LogP contribution is 2.48. The third-order valence-electron chi connectivity index (χ3n) is 5.91. The Morgan fingerprint density at radius 2 is 1.52 bits per heavy atom. The lowest BCUT2D eigenvalue weighted by Crippen LogP contribution is -2.34. The van der Waals surface area contributed by atoms with Gasteiger partial charge in [-0.2, -0.15) is 0 Å². The van der Waals surface area contributed by atoms with Gasteiger partial charge in [0, 0.05) is 4.47 Å². The molecular weight excluding hydrogens is 400 g/mol. The van der Waals surface area contributed by atoms with Crippen molar-refractivity contribution in [2.24, 2.45) is 0 Å². The van der Waals surface area contributed by atoms with Crippen LogP contribution in [0, 0.1) is 0 Å². The van der Waals surface area contributed by atoms with Gasteiger partial charge in [0.05, 0.1) is 5.56 Å². The quantitative estimate of drug-likeness (QED) is 0.533. The average molecular weight is 427 g/mol. The Morgan fingerprint density at radius 3 is 2.04 bits per heavy atom. The highest BCUT2D eigenvalue weighted by atomic mass is 79.9. The smallest absolute Gasteiger partial charge is 0.335 e. The molecule has 0 fully saturated rings. The van der Waals surface area contributed by atoms with E-state index in [9.17, 15) is 4.79 Å². The van der Waals surface area contributed by atoms with Crippen LogP contribution >= 0.6 is 15.9 Å². The number of halogens is 1. The largest absolute Gasteiger partial charge is 0.478 e. The van der Waals surface area contributed by atoms with Gasteiger partial charge in [0.25, 0.3) is 0 Å². The van der Waals surface area contributed by atoms with Crippen LogP contribution in [0.25, 0.3) is 11.6 Å². The number of rotatable bonds is 3. The minimum atomic E-state index is -0.899. The summed E-state index contributed by atoms with van der Waals surface area (Å²) in [5.74, 6) is -0.899. The van der Waals surface area contributed by atoms with E-state index in [1.165, 1.54) is 29.5 Å². The highest BCUT2D eigenvalue weighted by molar-refractivity contribution is 9.10. The van der Waals surface area contributed by atoms with Gasteiger partial charge in [-0.3, -0.25) is 0 Å². The SMILES string of the molecule is CC(=Cc1ccc(C(=O)O)cc1)c1cc2c(cc1Br)C(C)(C)CCC2(C)C. The van der Waals surface area contributed by atoms with Gasteiger partial charge in [0.15, 0.2) is 0 Å². The van der Waals surface area contributed by atoms with E-state index in [-0.39, 0.29) is 10.8 Å². The number of hydrogen-bond acceptors (Lipinski definition) is 1. The van der Waals surface area contributed by atoms with Crippen LogP contribution in [0.1, 0.15) is 80.1 Å². The summed E-state index contributed by atoms with van der Waals surface area (Å²) >= 11 is 3.79. The standard InChI is InChI=1S/C24H27BrO2/c1-15(12-16-6-8-17(9-7-16)22(26)27)18-13-19-20(14-21(18)25)24(4,5)11-10-23(19,2)3/h6-9,12-14H,10-11H2,1-5H3,(H,26,27). The van der Waals surface area contributed by atoms with Crippen molar-refractivity contribution in [3.63, 3.8) is 0 Å². The number of aromatic carboxylic acids is 1. The number of allylic oxidation sites excluding steroid dienone is 1. The Hall–Kier alpha value is -1.87. The van der Waals surface area contributed by atoms with Gasteiger partial charge in [0.2, 0.25) is 0 Å². The normalized spacial score (nSPS) is 18.1. The first kappa shape index (κ1) is 19.9. The van der Waals surface area contributed by atoms with Crippen molar-refractivity contribution in [2.75, 3.05) is 0 Å². The first-order valence-corrected chi connectivity index (χ1v) is 10.2. The molecule has 1 aliphatic carbocycles. The van der Waals surface area contributed by atoms with Crippen molar-refractivity contribution in [3.8, 4) is 0 Å². The minimum absolute atomic E-state index is 0.170. The van der Waals surface area contributed by atoms with Crippen LogP contribution in [-0.4, -0.2) is 11.1 Å². The second-order valence-electron chi connectivity index (χ2n) is 8.90. The van der Waals surface area contributed by atoms with E-state index in [4.69, 9.17) is 5.11 Å². The summed E-state index contributed by atoms with van der Waals surface area (Å²) in [7, 11) is 0. The average Bonchev–Trinajstić information content (AvgIpc) is 2.59. The molecule has 0 saturated carbocycles. The number of carboxylic acids is 1. The van der Waals surface area contributed by atoms with Gasteiger partial charge < -0.3 is 5.11 Å². The zero-order valence-corrected chi connectivity index (χ0v) is 18.3. The first-order chi connectivity index (χ1) is 12.5. The molecular formula is C24H27BrO2. The molecule has 2 aromatic carbocycles. The molecule has 0 bridgehead atoms. The molecule has 0 spiro atoms. The van der Waals surface area contributed by atoms with Crippen LogP contribution in [0.2, 0.25) is 0 Å². The van der Waals surface area contributed by atoms with E-state index in [0.717, 1.165) is 15.6 Å². The van der Waals surface area contributed by atoms with Crippen molar-refractivity contribution < 1.29 is 9.90 Å². The number of hydrogen-bond donors (Lipinski definition) is 1. The van der Waals surface area contributed by atoms with E-state index in [0.29, 0.717) is 5.56 Å². The molecule has 3 heteroatoms. The summed E-state index contributed by atoms with van der Waals surface area (Å²) in [4.78, 5) is 11.0. The van der Waals surface area contributed by atoms with Crippen LogP contribution in [0.3, 0.4) is 0 Å². The summed E-state index contributed by atoms with van der Waals surface area (Å²) in [5.41, 5.74) is 6.90. The van der Waals surface area contributed by atoms with Crippen molar-refractivity contribution in [2.45, 2.75) is 58.3 Å². The predicted molar refractivity (Wildman–Crippen MR) is 116 cm³/mol. The molecule has 0 radical (unpaired) electrons. The van der Waals surface area contributed by atoms with Crippen molar-refractivity contribution in [3.05, 3.63) is 68.7 Å². The molecule has 1 N–H and O–H groups in total. The van der Waals surface area contributed by atoms with E-state index in [1.807, 2.05) is 12.1 Å². The molecule has 142 valence electrons. The van der Waals surface area contributed by atoms with Gasteiger partial charge in [-0.15, -0.1) is 0 Å². The van der Waals surface area contributed by atoms with E-state index >= 15 is 0 Å². The van der Waals surface area contributed by atoms with E-state index in [1.54, 1.807) is 12.1 Å². The van der Waals surface area contributed by atoms with Gasteiger partial charge >= 0.3 is 5.97 Å². The van der Waals surface area contributed by atoms with E-state index in [2.05, 4.69) is 68.8 Å². The van der Waals surface area contributed by atoms with Gasteiger partial charge in [-0.05, 0) is 82.7 Å². The number of carboxylic acid groups (broad SMARTS) is 1. The minimum Gasteiger partial charge on any atom is -0.478 e. The molecule has 0 aliphatic heterocycles. The molecule has 0 saturated heterocycles. The Kier molecular flexibility index (Phi) is 5.11. The van der Waals surface area contributed by atoms with E-state index < -0.39 is 5.97 Å². The maximum absolute atomic E-state index is 11.0. The monoisotopic (exact) mass is 426 g/mol. The summed E-state index contributed by atoms with van der Waals surface area (Å²) in [6, 6.07) is 11.6. The summed E-state index contributed by atoms with van der Waals surface area (Å²) in [5, 5.41) is 9.05. The molecule has 2 aromatic rings. The zero-order chi connectivity index (χ0) is 20.0. The molecule has 0 amide bonds. The van der Waals surface area contributed by atoms with Crippen molar-refractivity contribution in [1.82, 2.24) is 0 Å². The van der Waals surface area contributed by atoms with Crippen LogP contribution < -0.4 is 0 Å². The second-order valence-corrected chi connectivity index (χ2v) is 9.75. The molecule has 1 aliphatic rings. The Labute approximate surface area is 170 Å². The Bertz CT molecular complexity index is 918. The fraction of sp³-hybridized carbons (Fsp3) is 0.375. The van der Waals surface area contributed by atoms with Crippen LogP contribution in [0.5, 0.6) is 0 Å². The lowest BCUT2D eigenvalue weighted by molar-refractivity contribution is 0.0697. The second kappa shape index (κ2) is 6.94. The molecule has 0 unspecified atom stereocenters. The van der Waals surface area contributed by atoms with Gasteiger partial charge in [-0.1, -0.05) is 61.8 Å². The third kappa shape index (κ3) is 3.89. The molecule has 27 heavy (non-hydrogen) atoms. The van der Waals surface area contributed by atoms with Gasteiger partial charge in [0.1, 0.15) is 0 Å². The number of fused-ring (bicyclic) bond motifs is 1. The lowest BCUT2D eigenvalue weighted by Gasteiger charge is -2.42. The summed E-state index contributed by atoms with van der Waals surface area (Å²) in [6.07, 6.45) is 4.50. The zero-order valence-electron chi connectivity index (χ0n) is 16.7.